The zero-order valence-electron chi connectivity index (χ0n) is 18.3. The molecule has 156 valence electrons. The predicted molar refractivity (Wildman–Crippen MR) is 116 cm³/mol. The van der Waals surface area contributed by atoms with Gasteiger partial charge in [0.05, 0.1) is 7.11 Å². The maximum absolute atomic E-state index is 12.0. The summed E-state index contributed by atoms with van der Waals surface area (Å²) in [6.45, 7) is 7.44. The van der Waals surface area contributed by atoms with Crippen molar-refractivity contribution in [3.63, 3.8) is 0 Å². The van der Waals surface area contributed by atoms with Crippen molar-refractivity contribution < 1.29 is 9.53 Å². The normalized spacial score (nSPS) is 45.7. The second-order valence-electron chi connectivity index (χ2n) is 10.7. The highest BCUT2D eigenvalue weighted by Gasteiger charge is 2.61. The molecule has 29 heavy (non-hydrogen) atoms. The Morgan fingerprint density at radius 3 is 2.55 bits per heavy atom. The second kappa shape index (κ2) is 6.62. The summed E-state index contributed by atoms with van der Waals surface area (Å²) in [7, 11) is 1.74. The van der Waals surface area contributed by atoms with Gasteiger partial charge in [-0.2, -0.15) is 0 Å². The molecule has 5 rings (SSSR count). The lowest BCUT2D eigenvalue weighted by atomic mass is 9.45. The molecule has 1 aliphatic heterocycles. The fraction of sp³-hybridized carbons (Fsp3) is 0.654. The quantitative estimate of drug-likeness (QED) is 0.738. The van der Waals surface area contributed by atoms with Crippen molar-refractivity contribution in [2.24, 2.45) is 34.5 Å². The molecule has 0 spiro atoms. The third-order valence-electron chi connectivity index (χ3n) is 9.58. The van der Waals surface area contributed by atoms with Crippen LogP contribution in [-0.4, -0.2) is 19.1 Å². The lowest BCUT2D eigenvalue weighted by Gasteiger charge is -2.61. The molecule has 4 aliphatic rings. The van der Waals surface area contributed by atoms with E-state index in [1.54, 1.807) is 13.2 Å². The van der Waals surface area contributed by atoms with Crippen LogP contribution in [0, 0.1) is 34.5 Å². The number of rotatable bonds is 2. The molecular weight excluding hydrogens is 358 g/mol. The summed E-state index contributed by atoms with van der Waals surface area (Å²) in [6, 6.07) is 9.15. The standard InChI is InChI=1S/C26H35NO2/c1-16-15-22-26(3,14-12-23(28)27-22)21-11-13-25(2)19(9-10-20(25)24(16)21)17-5-7-18(29-4)8-6-17/h5-8,12,14,16,19-22,24H,9-11,13,15H2,1-4H3,(H,27,28)/t16-,19+,20-,21-,22+,24-,25+,26+/m0/s1. The molecule has 0 aromatic heterocycles. The molecule has 1 N–H and O–H groups in total. The SMILES string of the molecule is COc1ccc([C@H]2CC[C@H]3[C@@H]4[C@@H](C)C[C@H]5NC(=O)C=C[C@]5(C)[C@H]4CC[C@]23C)cc1. The van der Waals surface area contributed by atoms with Gasteiger partial charge in [-0.25, -0.2) is 0 Å². The van der Waals surface area contributed by atoms with Crippen molar-refractivity contribution in [3.05, 3.63) is 42.0 Å². The number of hydrogen-bond donors (Lipinski definition) is 1. The van der Waals surface area contributed by atoms with Crippen LogP contribution in [0.2, 0.25) is 0 Å². The Labute approximate surface area is 175 Å². The van der Waals surface area contributed by atoms with E-state index in [0.717, 1.165) is 24.0 Å². The molecule has 3 heteroatoms. The third kappa shape index (κ3) is 2.72. The number of fused-ring (bicyclic) bond motifs is 5. The van der Waals surface area contributed by atoms with Crippen molar-refractivity contribution in [3.8, 4) is 5.75 Å². The minimum absolute atomic E-state index is 0.0965. The van der Waals surface area contributed by atoms with Gasteiger partial charge in [0.1, 0.15) is 5.75 Å². The molecule has 0 radical (unpaired) electrons. The topological polar surface area (TPSA) is 38.3 Å². The lowest BCUT2D eigenvalue weighted by Crippen LogP contribution is -2.61. The number of hydrogen-bond acceptors (Lipinski definition) is 2. The highest BCUT2D eigenvalue weighted by molar-refractivity contribution is 5.89. The summed E-state index contributed by atoms with van der Waals surface area (Å²) in [4.78, 5) is 12.0. The second-order valence-corrected chi connectivity index (χ2v) is 10.7. The van der Waals surface area contributed by atoms with Gasteiger partial charge in [-0.1, -0.05) is 39.0 Å². The number of nitrogens with one attached hydrogen (secondary N) is 1. The van der Waals surface area contributed by atoms with Crippen LogP contribution in [0.1, 0.15) is 64.4 Å². The van der Waals surface area contributed by atoms with E-state index in [1.165, 1.54) is 31.2 Å². The van der Waals surface area contributed by atoms with E-state index >= 15 is 0 Å². The van der Waals surface area contributed by atoms with Crippen LogP contribution in [0.25, 0.3) is 0 Å². The van der Waals surface area contributed by atoms with E-state index in [1.807, 2.05) is 0 Å². The first-order valence-electron chi connectivity index (χ1n) is 11.5. The number of benzene rings is 1. The van der Waals surface area contributed by atoms with E-state index in [2.05, 4.69) is 56.4 Å². The van der Waals surface area contributed by atoms with Crippen molar-refractivity contribution in [1.29, 1.82) is 0 Å². The molecule has 3 saturated carbocycles. The average molecular weight is 394 g/mol. The van der Waals surface area contributed by atoms with Gasteiger partial charge in [-0.05, 0) is 90.9 Å². The van der Waals surface area contributed by atoms with Gasteiger partial charge in [-0.3, -0.25) is 4.79 Å². The van der Waals surface area contributed by atoms with Crippen molar-refractivity contribution in [1.82, 2.24) is 5.32 Å². The summed E-state index contributed by atoms with van der Waals surface area (Å²) in [6.07, 6.45) is 10.4. The van der Waals surface area contributed by atoms with Crippen molar-refractivity contribution >= 4 is 5.91 Å². The molecule has 1 heterocycles. The minimum atomic E-state index is 0.0965. The van der Waals surface area contributed by atoms with E-state index < -0.39 is 0 Å². The smallest absolute Gasteiger partial charge is 0.243 e. The molecule has 1 amide bonds. The van der Waals surface area contributed by atoms with Gasteiger partial charge in [0.2, 0.25) is 5.91 Å². The molecule has 3 nitrogen and oxygen atoms in total. The number of methoxy groups -OCH3 is 1. The summed E-state index contributed by atoms with van der Waals surface area (Å²) in [5, 5.41) is 3.30. The Morgan fingerprint density at radius 1 is 1.07 bits per heavy atom. The highest BCUT2D eigenvalue weighted by Crippen LogP contribution is 2.68. The Morgan fingerprint density at radius 2 is 1.83 bits per heavy atom. The van der Waals surface area contributed by atoms with Crippen LogP contribution in [-0.2, 0) is 4.79 Å². The maximum Gasteiger partial charge on any atom is 0.243 e. The Kier molecular flexibility index (Phi) is 4.38. The number of carbonyl (C=O) groups excluding carboxylic acids is 1. The van der Waals surface area contributed by atoms with Crippen molar-refractivity contribution in [2.75, 3.05) is 7.11 Å². The maximum atomic E-state index is 12.0. The van der Waals surface area contributed by atoms with Crippen LogP contribution in [0.5, 0.6) is 5.75 Å². The molecule has 3 fully saturated rings. The Bertz CT molecular complexity index is 830. The van der Waals surface area contributed by atoms with Crippen LogP contribution in [0.4, 0.5) is 0 Å². The van der Waals surface area contributed by atoms with Crippen molar-refractivity contribution in [2.45, 2.75) is 64.8 Å². The fourth-order valence-electron chi connectivity index (χ4n) is 8.07. The Balaban J connectivity index is 1.47. The van der Waals surface area contributed by atoms with E-state index in [4.69, 9.17) is 4.74 Å². The van der Waals surface area contributed by atoms with Gasteiger partial charge in [0.15, 0.2) is 0 Å². The first-order chi connectivity index (χ1) is 13.9. The molecule has 0 unspecified atom stereocenters. The minimum Gasteiger partial charge on any atom is -0.497 e. The van der Waals surface area contributed by atoms with Gasteiger partial charge >= 0.3 is 0 Å². The third-order valence-corrected chi connectivity index (χ3v) is 9.58. The summed E-state index contributed by atoms with van der Waals surface area (Å²) in [5.74, 6) is 4.59. The first kappa shape index (κ1) is 19.2. The zero-order chi connectivity index (χ0) is 20.4. The van der Waals surface area contributed by atoms with Crippen LogP contribution in [0.15, 0.2) is 36.4 Å². The highest BCUT2D eigenvalue weighted by atomic mass is 16.5. The Hall–Kier alpha value is -1.77. The van der Waals surface area contributed by atoms with Crippen LogP contribution in [0.3, 0.4) is 0 Å². The van der Waals surface area contributed by atoms with E-state index in [-0.39, 0.29) is 11.3 Å². The largest absolute Gasteiger partial charge is 0.497 e. The molecular formula is C26H35NO2. The monoisotopic (exact) mass is 393 g/mol. The molecule has 3 aliphatic carbocycles. The molecule has 1 aromatic carbocycles. The lowest BCUT2D eigenvalue weighted by molar-refractivity contribution is -0.125. The predicted octanol–water partition coefficient (Wildman–Crippen LogP) is 5.32. The van der Waals surface area contributed by atoms with Gasteiger partial charge in [0.25, 0.3) is 0 Å². The number of amides is 1. The summed E-state index contributed by atoms with van der Waals surface area (Å²) in [5.41, 5.74) is 1.99. The molecule has 1 aromatic rings. The van der Waals surface area contributed by atoms with E-state index in [9.17, 15) is 4.79 Å². The molecule has 8 atom stereocenters. The summed E-state index contributed by atoms with van der Waals surface area (Å²) >= 11 is 0. The van der Waals surface area contributed by atoms with Crippen LogP contribution >= 0.6 is 0 Å². The van der Waals surface area contributed by atoms with Crippen LogP contribution < -0.4 is 10.1 Å². The fourth-order valence-corrected chi connectivity index (χ4v) is 8.07. The number of ether oxygens (including phenoxy) is 1. The summed E-state index contributed by atoms with van der Waals surface area (Å²) < 4.78 is 5.38. The number of carbonyl (C=O) groups is 1. The zero-order valence-corrected chi connectivity index (χ0v) is 18.3. The van der Waals surface area contributed by atoms with E-state index in [0.29, 0.717) is 29.2 Å². The average Bonchev–Trinajstić information content (AvgIpc) is 3.06. The molecule has 0 bridgehead atoms. The van der Waals surface area contributed by atoms with Gasteiger partial charge in [-0.15, -0.1) is 0 Å². The van der Waals surface area contributed by atoms with Gasteiger partial charge < -0.3 is 10.1 Å². The van der Waals surface area contributed by atoms with Gasteiger partial charge in [0, 0.05) is 11.5 Å². The molecule has 0 saturated heterocycles. The first-order valence-corrected chi connectivity index (χ1v) is 11.5.